The highest BCUT2D eigenvalue weighted by Gasteiger charge is 2.14. The number of nitrogens with one attached hydrogen (secondary N) is 1. The van der Waals surface area contributed by atoms with E-state index in [2.05, 4.69) is 37.8 Å². The third-order valence-corrected chi connectivity index (χ3v) is 3.76. The summed E-state index contributed by atoms with van der Waals surface area (Å²) in [6.07, 6.45) is 10.2. The first-order valence-electron chi connectivity index (χ1n) is 6.26. The molecule has 1 N–H and O–H groups in total. The second kappa shape index (κ2) is 5.46. The van der Waals surface area contributed by atoms with E-state index in [0.29, 0.717) is 0 Å². The Morgan fingerprint density at radius 2 is 2.21 bits per heavy atom. The molecule has 0 bridgehead atoms. The minimum atomic E-state index is 0.204. The third-order valence-electron chi connectivity index (χ3n) is 2.99. The predicted octanol–water partition coefficient (Wildman–Crippen LogP) is 2.08. The van der Waals surface area contributed by atoms with Crippen LogP contribution in [0.2, 0.25) is 0 Å². The fourth-order valence-electron chi connectivity index (χ4n) is 2.13. The van der Waals surface area contributed by atoms with Crippen molar-refractivity contribution in [2.24, 2.45) is 0 Å². The van der Waals surface area contributed by atoms with Gasteiger partial charge in [0.05, 0.1) is 5.69 Å². The van der Waals surface area contributed by atoms with E-state index in [1.54, 1.807) is 17.7 Å². The van der Waals surface area contributed by atoms with Gasteiger partial charge < -0.3 is 5.32 Å². The highest BCUT2D eigenvalue weighted by molar-refractivity contribution is 7.15. The molecule has 5 nitrogen and oxygen atoms in total. The molecule has 0 aliphatic carbocycles. The average molecular weight is 273 g/mol. The number of aromatic nitrogens is 4. The van der Waals surface area contributed by atoms with Gasteiger partial charge in [-0.2, -0.15) is 0 Å². The van der Waals surface area contributed by atoms with Crippen molar-refractivity contribution in [1.82, 2.24) is 24.7 Å². The zero-order chi connectivity index (χ0) is 13.1. The summed E-state index contributed by atoms with van der Waals surface area (Å²) < 4.78 is 2.06. The number of hydrogen-bond acceptors (Lipinski definition) is 5. The number of likely N-dealkylation sites (N-methyl/N-ethyl adjacent to an activating group) is 1. The molecule has 1 unspecified atom stereocenters. The van der Waals surface area contributed by atoms with Crippen LogP contribution in [0.1, 0.15) is 24.2 Å². The molecule has 0 amide bonds. The summed E-state index contributed by atoms with van der Waals surface area (Å²) in [4.78, 5) is 13.8. The lowest BCUT2D eigenvalue weighted by Gasteiger charge is -2.16. The molecule has 19 heavy (non-hydrogen) atoms. The number of hydrogen-bond donors (Lipinski definition) is 1. The lowest BCUT2D eigenvalue weighted by molar-refractivity contribution is 0.541. The lowest BCUT2D eigenvalue weighted by Crippen LogP contribution is -2.23. The first-order chi connectivity index (χ1) is 9.36. The maximum atomic E-state index is 4.62. The first kappa shape index (κ1) is 12.3. The van der Waals surface area contributed by atoms with Gasteiger partial charge in [0, 0.05) is 48.2 Å². The molecule has 3 heterocycles. The molecule has 0 aromatic carbocycles. The Morgan fingerprint density at radius 1 is 1.37 bits per heavy atom. The zero-order valence-corrected chi connectivity index (χ0v) is 11.5. The third kappa shape index (κ3) is 2.64. The fraction of sp³-hybridized carbons (Fsp3) is 0.308. The van der Waals surface area contributed by atoms with Crippen molar-refractivity contribution in [1.29, 1.82) is 0 Å². The smallest absolute Gasteiger partial charge is 0.193 e. The van der Waals surface area contributed by atoms with Gasteiger partial charge in [-0.3, -0.25) is 4.40 Å². The van der Waals surface area contributed by atoms with E-state index in [0.717, 1.165) is 29.2 Å². The van der Waals surface area contributed by atoms with Gasteiger partial charge in [0.1, 0.15) is 6.33 Å². The van der Waals surface area contributed by atoms with E-state index in [-0.39, 0.29) is 6.04 Å². The van der Waals surface area contributed by atoms with E-state index < -0.39 is 0 Å². The van der Waals surface area contributed by atoms with Gasteiger partial charge in [-0.1, -0.05) is 6.92 Å². The second-order valence-electron chi connectivity index (χ2n) is 4.31. The van der Waals surface area contributed by atoms with Crippen molar-refractivity contribution in [2.75, 3.05) is 6.54 Å². The molecule has 3 aromatic rings. The highest BCUT2D eigenvalue weighted by atomic mass is 32.1. The standard InChI is InChI=1S/C13H15N5S/c1-2-16-12(10-6-14-9-15-7-10)5-11-8-18-3-4-19-13(18)17-11/h3-4,6-9,12,16H,2,5H2,1H3. The number of rotatable bonds is 5. The molecule has 1 atom stereocenters. The molecule has 0 fully saturated rings. The largest absolute Gasteiger partial charge is 0.310 e. The van der Waals surface area contributed by atoms with Crippen LogP contribution in [0.25, 0.3) is 4.96 Å². The van der Waals surface area contributed by atoms with Gasteiger partial charge >= 0.3 is 0 Å². The minimum absolute atomic E-state index is 0.204. The number of thiazole rings is 1. The second-order valence-corrected chi connectivity index (χ2v) is 5.18. The highest BCUT2D eigenvalue weighted by Crippen LogP contribution is 2.18. The molecule has 98 valence electrons. The Morgan fingerprint density at radius 3 is 2.95 bits per heavy atom. The Balaban J connectivity index is 1.83. The van der Waals surface area contributed by atoms with Crippen molar-refractivity contribution in [3.8, 4) is 0 Å². The average Bonchev–Trinajstić information content (AvgIpc) is 3.00. The summed E-state index contributed by atoms with van der Waals surface area (Å²) in [7, 11) is 0. The van der Waals surface area contributed by atoms with Crippen LogP contribution in [-0.2, 0) is 6.42 Å². The van der Waals surface area contributed by atoms with Crippen LogP contribution >= 0.6 is 11.3 Å². The van der Waals surface area contributed by atoms with Crippen LogP contribution in [0.5, 0.6) is 0 Å². The molecular weight excluding hydrogens is 258 g/mol. The molecule has 6 heteroatoms. The molecule has 0 spiro atoms. The lowest BCUT2D eigenvalue weighted by atomic mass is 10.1. The van der Waals surface area contributed by atoms with Crippen LogP contribution in [0.15, 0.2) is 36.5 Å². The predicted molar refractivity (Wildman–Crippen MR) is 75.2 cm³/mol. The van der Waals surface area contributed by atoms with Crippen LogP contribution in [-0.4, -0.2) is 25.9 Å². The Labute approximate surface area is 115 Å². The Kier molecular flexibility index (Phi) is 3.52. The molecule has 0 aliphatic rings. The summed E-state index contributed by atoms with van der Waals surface area (Å²) >= 11 is 1.65. The van der Waals surface area contributed by atoms with Gasteiger partial charge in [-0.25, -0.2) is 15.0 Å². The van der Waals surface area contributed by atoms with Crippen molar-refractivity contribution >= 4 is 16.3 Å². The van der Waals surface area contributed by atoms with Crippen molar-refractivity contribution < 1.29 is 0 Å². The first-order valence-corrected chi connectivity index (χ1v) is 7.14. The summed E-state index contributed by atoms with van der Waals surface area (Å²) in [5.74, 6) is 0. The van der Waals surface area contributed by atoms with E-state index in [1.165, 1.54) is 0 Å². The number of imidazole rings is 1. The van der Waals surface area contributed by atoms with Crippen LogP contribution in [0, 0.1) is 0 Å². The maximum absolute atomic E-state index is 4.62. The van der Waals surface area contributed by atoms with Crippen molar-refractivity contribution in [2.45, 2.75) is 19.4 Å². The quantitative estimate of drug-likeness (QED) is 0.773. The SMILES string of the molecule is CCNC(Cc1cn2ccsc2n1)c1cncnc1. The summed E-state index contributed by atoms with van der Waals surface area (Å²) in [6.45, 7) is 3.00. The van der Waals surface area contributed by atoms with E-state index in [4.69, 9.17) is 0 Å². The molecule has 0 radical (unpaired) electrons. The molecule has 0 saturated heterocycles. The summed E-state index contributed by atoms with van der Waals surface area (Å²) in [5, 5.41) is 5.50. The molecule has 3 rings (SSSR count). The van der Waals surface area contributed by atoms with Crippen LogP contribution < -0.4 is 5.32 Å². The van der Waals surface area contributed by atoms with Gasteiger partial charge in [0.15, 0.2) is 4.96 Å². The molecule has 3 aromatic heterocycles. The van der Waals surface area contributed by atoms with Gasteiger partial charge in [-0.15, -0.1) is 11.3 Å². The molecule has 0 saturated carbocycles. The van der Waals surface area contributed by atoms with Crippen molar-refractivity contribution in [3.05, 3.63) is 47.8 Å². The monoisotopic (exact) mass is 273 g/mol. The summed E-state index contributed by atoms with van der Waals surface area (Å²) in [6, 6.07) is 0.204. The van der Waals surface area contributed by atoms with Gasteiger partial charge in [0.25, 0.3) is 0 Å². The van der Waals surface area contributed by atoms with Gasteiger partial charge in [0.2, 0.25) is 0 Å². The Hall–Kier alpha value is -1.79. The number of nitrogens with zero attached hydrogens (tertiary/aromatic N) is 4. The Bertz CT molecular complexity index is 617. The fourth-order valence-corrected chi connectivity index (χ4v) is 2.85. The number of fused-ring (bicyclic) bond motifs is 1. The van der Waals surface area contributed by atoms with Gasteiger partial charge in [-0.05, 0) is 6.54 Å². The maximum Gasteiger partial charge on any atom is 0.193 e. The summed E-state index contributed by atoms with van der Waals surface area (Å²) in [5.41, 5.74) is 2.18. The van der Waals surface area contributed by atoms with E-state index in [9.17, 15) is 0 Å². The van der Waals surface area contributed by atoms with Crippen LogP contribution in [0.3, 0.4) is 0 Å². The minimum Gasteiger partial charge on any atom is -0.310 e. The van der Waals surface area contributed by atoms with Crippen LogP contribution in [0.4, 0.5) is 0 Å². The topological polar surface area (TPSA) is 55.1 Å². The zero-order valence-electron chi connectivity index (χ0n) is 10.7. The van der Waals surface area contributed by atoms with Crippen molar-refractivity contribution in [3.63, 3.8) is 0 Å². The molecule has 0 aliphatic heterocycles. The normalized spacial score (nSPS) is 12.9. The van der Waals surface area contributed by atoms with E-state index >= 15 is 0 Å². The molecular formula is C13H15N5S. The van der Waals surface area contributed by atoms with E-state index in [1.807, 2.05) is 24.0 Å².